The Balaban J connectivity index is 1.86. The van der Waals surface area contributed by atoms with Gasteiger partial charge in [0, 0.05) is 11.7 Å². The lowest BCUT2D eigenvalue weighted by Crippen LogP contribution is -2.47. The normalized spacial score (nSPS) is 14.4. The van der Waals surface area contributed by atoms with Gasteiger partial charge in [0.2, 0.25) is 5.91 Å². The van der Waals surface area contributed by atoms with Crippen molar-refractivity contribution in [3.8, 4) is 5.75 Å². The van der Waals surface area contributed by atoms with E-state index in [4.69, 9.17) is 16.2 Å². The Hall–Kier alpha value is -3.92. The van der Waals surface area contributed by atoms with Crippen molar-refractivity contribution in [3.05, 3.63) is 69.7 Å². The van der Waals surface area contributed by atoms with Crippen LogP contribution in [-0.2, 0) is 4.79 Å². The molecule has 3 amide bonds. The molecule has 0 radical (unpaired) electrons. The molecular weight excluding hydrogens is 514 g/mol. The highest BCUT2D eigenvalue weighted by Gasteiger charge is 2.37. The Morgan fingerprint density at radius 1 is 1.10 bits per heavy atom. The molecule has 0 spiro atoms. The van der Waals surface area contributed by atoms with Crippen molar-refractivity contribution in [1.82, 2.24) is 9.69 Å². The molecule has 3 aromatic rings. The van der Waals surface area contributed by atoms with Crippen LogP contribution in [0.4, 0.5) is 11.4 Å². The molecule has 0 aliphatic heterocycles. The summed E-state index contributed by atoms with van der Waals surface area (Å²) in [7, 11) is 0. The average molecular weight is 550 g/mol. The summed E-state index contributed by atoms with van der Waals surface area (Å²) in [5, 5.41) is 3.20. The molecule has 10 heteroatoms. The summed E-state index contributed by atoms with van der Waals surface area (Å²) in [4.78, 5) is 41.7. The molecule has 1 unspecified atom stereocenters. The van der Waals surface area contributed by atoms with E-state index in [0.29, 0.717) is 23.6 Å². The third kappa shape index (κ3) is 6.22. The van der Waals surface area contributed by atoms with Gasteiger partial charge in [0.05, 0.1) is 12.3 Å². The minimum absolute atomic E-state index is 0.0300. The van der Waals surface area contributed by atoms with Crippen LogP contribution in [0.25, 0.3) is 0 Å². The number of aryl methyl sites for hydroxylation is 2. The maximum atomic E-state index is 14.3. The monoisotopic (exact) mass is 549 g/mol. The fourth-order valence-electron chi connectivity index (χ4n) is 5.04. The number of ether oxygens (including phenoxy) is 1. The molecule has 2 aromatic carbocycles. The summed E-state index contributed by atoms with van der Waals surface area (Å²) in [6, 6.07) is 11.8. The predicted octanol–water partition coefficient (Wildman–Crippen LogP) is 4.68. The van der Waals surface area contributed by atoms with Crippen molar-refractivity contribution in [1.29, 1.82) is 0 Å². The molecule has 4 rings (SSSR count). The fourth-order valence-corrected chi connectivity index (χ4v) is 5.78. The number of aromatic nitrogens is 1. The van der Waals surface area contributed by atoms with E-state index < -0.39 is 17.9 Å². The molecule has 1 fully saturated rings. The number of hydrogen-bond donors (Lipinski definition) is 3. The van der Waals surface area contributed by atoms with Gasteiger partial charge in [-0.15, -0.1) is 0 Å². The van der Waals surface area contributed by atoms with Crippen molar-refractivity contribution >= 4 is 40.6 Å². The van der Waals surface area contributed by atoms with Gasteiger partial charge in [0.1, 0.15) is 16.7 Å². The van der Waals surface area contributed by atoms with Gasteiger partial charge < -0.3 is 21.5 Å². The Kier molecular flexibility index (Phi) is 8.86. The van der Waals surface area contributed by atoms with Crippen LogP contribution in [-0.4, -0.2) is 34.7 Å². The second kappa shape index (κ2) is 12.3. The van der Waals surface area contributed by atoms with Gasteiger partial charge in [-0.05, 0) is 74.5 Å². The molecular formula is C29H35N5O4S. The van der Waals surface area contributed by atoms with E-state index in [1.54, 1.807) is 24.3 Å². The van der Waals surface area contributed by atoms with Gasteiger partial charge in [0.15, 0.2) is 5.69 Å². The number of primary amides is 1. The Labute approximate surface area is 232 Å². The smallest absolute Gasteiger partial charge is 0.273 e. The van der Waals surface area contributed by atoms with E-state index in [0.717, 1.165) is 54.8 Å². The highest BCUT2D eigenvalue weighted by Crippen LogP contribution is 2.36. The van der Waals surface area contributed by atoms with Gasteiger partial charge in [-0.2, -0.15) is 4.37 Å². The molecule has 1 aliphatic carbocycles. The molecule has 1 aromatic heterocycles. The van der Waals surface area contributed by atoms with Crippen LogP contribution in [0, 0.1) is 13.8 Å². The van der Waals surface area contributed by atoms with Gasteiger partial charge in [-0.1, -0.05) is 49.1 Å². The van der Waals surface area contributed by atoms with E-state index >= 15 is 0 Å². The summed E-state index contributed by atoms with van der Waals surface area (Å²) >= 11 is 0.795. The van der Waals surface area contributed by atoms with Gasteiger partial charge in [-0.25, -0.2) is 0 Å². The van der Waals surface area contributed by atoms with Gasteiger partial charge in [0.25, 0.3) is 11.8 Å². The highest BCUT2D eigenvalue weighted by atomic mass is 32.1. The van der Waals surface area contributed by atoms with Crippen molar-refractivity contribution in [2.75, 3.05) is 17.2 Å². The first kappa shape index (κ1) is 28.1. The van der Waals surface area contributed by atoms with Crippen molar-refractivity contribution in [2.45, 2.75) is 65.0 Å². The number of anilines is 2. The number of carbonyl (C=O) groups is 3. The van der Waals surface area contributed by atoms with E-state index in [1.165, 1.54) is 4.90 Å². The van der Waals surface area contributed by atoms with E-state index in [9.17, 15) is 14.4 Å². The third-order valence-corrected chi connectivity index (χ3v) is 7.80. The number of benzene rings is 2. The first-order chi connectivity index (χ1) is 18.7. The van der Waals surface area contributed by atoms with Crippen LogP contribution < -0.4 is 26.4 Å². The minimum Gasteiger partial charge on any atom is -0.494 e. The Morgan fingerprint density at radius 3 is 2.38 bits per heavy atom. The summed E-state index contributed by atoms with van der Waals surface area (Å²) in [6.45, 7) is 6.25. The average Bonchev–Trinajstić information content (AvgIpc) is 3.30. The summed E-state index contributed by atoms with van der Waals surface area (Å²) in [6.07, 6.45) is 5.03. The molecule has 1 heterocycles. The van der Waals surface area contributed by atoms with Crippen LogP contribution in [0.5, 0.6) is 5.75 Å². The molecule has 5 N–H and O–H groups in total. The minimum atomic E-state index is -1.02. The summed E-state index contributed by atoms with van der Waals surface area (Å²) < 4.78 is 9.64. The Morgan fingerprint density at radius 2 is 1.79 bits per heavy atom. The molecule has 1 aliphatic rings. The van der Waals surface area contributed by atoms with E-state index in [2.05, 4.69) is 9.69 Å². The zero-order valence-electron chi connectivity index (χ0n) is 22.5. The second-order valence-electron chi connectivity index (χ2n) is 9.85. The third-order valence-electron chi connectivity index (χ3n) is 6.95. The first-order valence-corrected chi connectivity index (χ1v) is 14.0. The van der Waals surface area contributed by atoms with Gasteiger partial charge in [-0.3, -0.25) is 19.3 Å². The Bertz CT molecular complexity index is 1350. The second-order valence-corrected chi connectivity index (χ2v) is 10.6. The lowest BCUT2D eigenvalue weighted by atomic mass is 9.94. The molecule has 0 saturated heterocycles. The molecule has 0 bridgehead atoms. The standard InChI is InChI=1S/C29H35N5O4S/c1-4-38-21-13-11-19(12-14-21)25(28(36)32-20-8-6-5-7-9-20)34(22-15-10-17(2)16-18(22)3)29(37)26-23(30)24(27(31)35)33-39-26/h10-16,20,25H,4-9,30H2,1-3H3,(H2,31,35)(H,32,36). The van der Waals surface area contributed by atoms with Crippen LogP contribution >= 0.6 is 11.5 Å². The van der Waals surface area contributed by atoms with Gasteiger partial charge >= 0.3 is 0 Å². The van der Waals surface area contributed by atoms with Crippen molar-refractivity contribution in [3.63, 3.8) is 0 Å². The lowest BCUT2D eigenvalue weighted by molar-refractivity contribution is -0.123. The number of carbonyl (C=O) groups excluding carboxylic acids is 3. The molecule has 39 heavy (non-hydrogen) atoms. The molecule has 206 valence electrons. The zero-order chi connectivity index (χ0) is 28.1. The lowest BCUT2D eigenvalue weighted by Gasteiger charge is -2.34. The number of nitrogens with zero attached hydrogens (tertiary/aromatic N) is 2. The van der Waals surface area contributed by atoms with Crippen molar-refractivity contribution in [2.24, 2.45) is 5.73 Å². The maximum absolute atomic E-state index is 14.3. The predicted molar refractivity (Wildman–Crippen MR) is 153 cm³/mol. The molecule has 9 nitrogen and oxygen atoms in total. The number of nitrogens with two attached hydrogens (primary N) is 2. The van der Waals surface area contributed by atoms with Crippen LogP contribution in [0.2, 0.25) is 0 Å². The van der Waals surface area contributed by atoms with Crippen LogP contribution in [0.15, 0.2) is 42.5 Å². The van der Waals surface area contributed by atoms with Crippen molar-refractivity contribution < 1.29 is 19.1 Å². The molecule has 1 saturated carbocycles. The fraction of sp³-hybridized carbons (Fsp3) is 0.379. The quantitative estimate of drug-likeness (QED) is 0.354. The van der Waals surface area contributed by atoms with E-state index in [-0.39, 0.29) is 28.2 Å². The number of amides is 3. The van der Waals surface area contributed by atoms with E-state index in [1.807, 2.05) is 39.0 Å². The number of hydrogen-bond acceptors (Lipinski definition) is 7. The maximum Gasteiger partial charge on any atom is 0.273 e. The zero-order valence-corrected chi connectivity index (χ0v) is 23.3. The van der Waals surface area contributed by atoms with Crippen LogP contribution in [0.3, 0.4) is 0 Å². The molecule has 1 atom stereocenters. The topological polar surface area (TPSA) is 141 Å². The largest absolute Gasteiger partial charge is 0.494 e. The summed E-state index contributed by atoms with van der Waals surface area (Å²) in [5.74, 6) is -0.992. The number of nitrogens with one attached hydrogen (secondary N) is 1. The SMILES string of the molecule is CCOc1ccc(C(C(=O)NC2CCCCC2)N(C(=O)c2snc(C(N)=O)c2N)c2ccc(C)cc2C)cc1. The first-order valence-electron chi connectivity index (χ1n) is 13.2. The number of rotatable bonds is 9. The van der Waals surface area contributed by atoms with Crippen LogP contribution in [0.1, 0.15) is 81.9 Å². The summed E-state index contributed by atoms with van der Waals surface area (Å²) in [5.41, 5.74) is 14.3. The highest BCUT2D eigenvalue weighted by molar-refractivity contribution is 7.09. The number of nitrogen functional groups attached to an aromatic ring is 1.